The Morgan fingerprint density at radius 2 is 1.71 bits per heavy atom. The van der Waals surface area contributed by atoms with Gasteiger partial charge in [0.05, 0.1) is 0 Å². The fraction of sp³-hybridized carbons (Fsp3) is 0. The van der Waals surface area contributed by atoms with E-state index in [0.717, 1.165) is 5.56 Å². The number of aromatic nitrogens is 4. The molecule has 0 bridgehead atoms. The van der Waals surface area contributed by atoms with Gasteiger partial charge in [0.1, 0.15) is 12.1 Å². The minimum Gasteiger partial charge on any atom is -0.383 e. The van der Waals surface area contributed by atoms with Crippen molar-refractivity contribution in [2.45, 2.75) is 0 Å². The van der Waals surface area contributed by atoms with Gasteiger partial charge in [0, 0.05) is 29.7 Å². The zero-order valence-electron chi connectivity index (χ0n) is 7.25. The third kappa shape index (κ3) is 1.45. The molecule has 0 aliphatic heterocycles. The van der Waals surface area contributed by atoms with Crippen molar-refractivity contribution in [3.8, 4) is 11.1 Å². The summed E-state index contributed by atoms with van der Waals surface area (Å²) in [6.07, 6.45) is 6.27. The van der Waals surface area contributed by atoms with Crippen LogP contribution in [-0.2, 0) is 0 Å². The van der Waals surface area contributed by atoms with Gasteiger partial charge < -0.3 is 11.5 Å². The van der Waals surface area contributed by atoms with Crippen molar-refractivity contribution in [3.05, 3.63) is 24.9 Å². The van der Waals surface area contributed by atoms with Crippen molar-refractivity contribution in [1.29, 1.82) is 0 Å². The molecule has 0 aliphatic carbocycles. The van der Waals surface area contributed by atoms with Crippen LogP contribution in [0, 0.1) is 0 Å². The molecule has 0 saturated heterocycles. The maximum absolute atomic E-state index is 5.67. The average molecular weight is 188 g/mol. The molecule has 0 radical (unpaired) electrons. The minimum absolute atomic E-state index is 0.156. The van der Waals surface area contributed by atoms with Crippen LogP contribution >= 0.6 is 0 Å². The molecule has 0 saturated carbocycles. The van der Waals surface area contributed by atoms with Gasteiger partial charge in [0.25, 0.3) is 0 Å². The normalized spacial score (nSPS) is 10.0. The van der Waals surface area contributed by atoms with Gasteiger partial charge in [0.2, 0.25) is 5.95 Å². The van der Waals surface area contributed by atoms with Crippen LogP contribution < -0.4 is 11.5 Å². The third-order valence-corrected chi connectivity index (χ3v) is 1.71. The first-order chi connectivity index (χ1) is 6.77. The summed E-state index contributed by atoms with van der Waals surface area (Å²) >= 11 is 0. The molecule has 0 aromatic carbocycles. The van der Waals surface area contributed by atoms with Gasteiger partial charge >= 0.3 is 0 Å². The molecule has 2 heterocycles. The lowest BCUT2D eigenvalue weighted by Crippen LogP contribution is -2.01. The van der Waals surface area contributed by atoms with E-state index in [9.17, 15) is 0 Å². The number of nitrogens with two attached hydrogens (primary N) is 2. The van der Waals surface area contributed by atoms with Crippen molar-refractivity contribution < 1.29 is 0 Å². The highest BCUT2D eigenvalue weighted by atomic mass is 15.0. The number of nitrogens with zero attached hydrogens (tertiary/aromatic N) is 4. The maximum atomic E-state index is 5.67. The summed E-state index contributed by atoms with van der Waals surface area (Å²) in [7, 11) is 0. The molecule has 0 atom stereocenters. The highest BCUT2D eigenvalue weighted by Gasteiger charge is 2.04. The lowest BCUT2D eigenvalue weighted by Gasteiger charge is -2.02. The second-order valence-corrected chi connectivity index (χ2v) is 2.65. The first-order valence-corrected chi connectivity index (χ1v) is 3.91. The molecule has 0 unspecified atom stereocenters. The predicted octanol–water partition coefficient (Wildman–Crippen LogP) is 0.0980. The van der Waals surface area contributed by atoms with E-state index in [4.69, 9.17) is 11.5 Å². The standard InChI is InChI=1S/C8H8N6/c9-7-6(3-13-8(10)14-7)5-1-11-4-12-2-5/h1-4H,(H4,9,10,13,14). The maximum Gasteiger partial charge on any atom is 0.221 e. The quantitative estimate of drug-likeness (QED) is 0.657. The molecule has 0 spiro atoms. The molecule has 6 nitrogen and oxygen atoms in total. The van der Waals surface area contributed by atoms with Gasteiger partial charge in [0.15, 0.2) is 0 Å². The van der Waals surface area contributed by atoms with Crippen molar-refractivity contribution in [2.75, 3.05) is 11.5 Å². The second kappa shape index (κ2) is 3.25. The highest BCUT2D eigenvalue weighted by molar-refractivity contribution is 5.72. The van der Waals surface area contributed by atoms with Crippen LogP contribution in [0.2, 0.25) is 0 Å². The van der Waals surface area contributed by atoms with E-state index >= 15 is 0 Å². The third-order valence-electron chi connectivity index (χ3n) is 1.71. The summed E-state index contributed by atoms with van der Waals surface area (Å²) in [5.74, 6) is 0.482. The predicted molar refractivity (Wildman–Crippen MR) is 51.9 cm³/mol. The SMILES string of the molecule is Nc1ncc(-c2cncnc2)c(N)n1. The van der Waals surface area contributed by atoms with E-state index in [0.29, 0.717) is 11.4 Å². The smallest absolute Gasteiger partial charge is 0.221 e. The van der Waals surface area contributed by atoms with Gasteiger partial charge in [-0.1, -0.05) is 0 Å². The zero-order chi connectivity index (χ0) is 9.97. The number of hydrogen-bond donors (Lipinski definition) is 2. The van der Waals surface area contributed by atoms with Gasteiger partial charge in [-0.05, 0) is 0 Å². The second-order valence-electron chi connectivity index (χ2n) is 2.65. The van der Waals surface area contributed by atoms with E-state index in [1.165, 1.54) is 6.33 Å². The van der Waals surface area contributed by atoms with E-state index in [1.807, 2.05) is 0 Å². The van der Waals surface area contributed by atoms with Crippen LogP contribution in [0.1, 0.15) is 0 Å². The first kappa shape index (κ1) is 8.36. The van der Waals surface area contributed by atoms with Gasteiger partial charge in [-0.25, -0.2) is 15.0 Å². The van der Waals surface area contributed by atoms with Crippen LogP contribution in [0.25, 0.3) is 11.1 Å². The molecular weight excluding hydrogens is 180 g/mol. The number of nitrogen functional groups attached to an aromatic ring is 2. The van der Waals surface area contributed by atoms with Crippen LogP contribution in [0.4, 0.5) is 11.8 Å². The summed E-state index contributed by atoms with van der Waals surface area (Å²) in [5.41, 5.74) is 12.5. The monoisotopic (exact) mass is 188 g/mol. The van der Waals surface area contributed by atoms with Crippen LogP contribution in [0.5, 0.6) is 0 Å². The molecule has 0 fully saturated rings. The van der Waals surface area contributed by atoms with Crippen LogP contribution in [0.3, 0.4) is 0 Å². The van der Waals surface area contributed by atoms with Gasteiger partial charge in [-0.3, -0.25) is 0 Å². The molecule has 0 aliphatic rings. The summed E-state index contributed by atoms with van der Waals surface area (Å²) in [6.45, 7) is 0. The molecular formula is C8H8N6. The number of rotatable bonds is 1. The number of anilines is 2. The van der Waals surface area contributed by atoms with Crippen LogP contribution in [-0.4, -0.2) is 19.9 Å². The lowest BCUT2D eigenvalue weighted by molar-refractivity contribution is 1.15. The molecule has 2 aromatic heterocycles. The van der Waals surface area contributed by atoms with E-state index in [2.05, 4.69) is 19.9 Å². The van der Waals surface area contributed by atoms with E-state index in [-0.39, 0.29) is 5.95 Å². The number of hydrogen-bond acceptors (Lipinski definition) is 6. The summed E-state index contributed by atoms with van der Waals surface area (Å²) in [4.78, 5) is 15.4. The van der Waals surface area contributed by atoms with Crippen molar-refractivity contribution in [3.63, 3.8) is 0 Å². The largest absolute Gasteiger partial charge is 0.383 e. The Balaban J connectivity index is 2.53. The summed E-state index contributed by atoms with van der Waals surface area (Å²) in [5, 5.41) is 0. The minimum atomic E-state index is 0.156. The Kier molecular flexibility index (Phi) is 1.94. The molecule has 0 amide bonds. The Hall–Kier alpha value is -2.24. The van der Waals surface area contributed by atoms with Crippen molar-refractivity contribution >= 4 is 11.8 Å². The highest BCUT2D eigenvalue weighted by Crippen LogP contribution is 2.21. The topological polar surface area (TPSA) is 104 Å². The van der Waals surface area contributed by atoms with Gasteiger partial charge in [-0.15, -0.1) is 0 Å². The molecule has 70 valence electrons. The van der Waals surface area contributed by atoms with Crippen LogP contribution in [0.15, 0.2) is 24.9 Å². The Labute approximate surface area is 80.0 Å². The average Bonchev–Trinajstić information content (AvgIpc) is 2.19. The fourth-order valence-corrected chi connectivity index (χ4v) is 1.07. The summed E-state index contributed by atoms with van der Waals surface area (Å²) in [6, 6.07) is 0. The Morgan fingerprint density at radius 3 is 2.36 bits per heavy atom. The first-order valence-electron chi connectivity index (χ1n) is 3.91. The van der Waals surface area contributed by atoms with Crippen molar-refractivity contribution in [2.24, 2.45) is 0 Å². The lowest BCUT2D eigenvalue weighted by atomic mass is 10.2. The molecule has 2 rings (SSSR count). The molecule has 4 N–H and O–H groups in total. The Morgan fingerprint density at radius 1 is 1.00 bits per heavy atom. The van der Waals surface area contributed by atoms with E-state index in [1.54, 1.807) is 18.6 Å². The van der Waals surface area contributed by atoms with Gasteiger partial charge in [-0.2, -0.15) is 4.98 Å². The molecule has 2 aromatic rings. The zero-order valence-corrected chi connectivity index (χ0v) is 7.25. The molecule has 6 heteroatoms. The fourth-order valence-electron chi connectivity index (χ4n) is 1.07. The van der Waals surface area contributed by atoms with Crippen molar-refractivity contribution in [1.82, 2.24) is 19.9 Å². The molecule has 14 heavy (non-hydrogen) atoms. The summed E-state index contributed by atoms with van der Waals surface area (Å²) < 4.78 is 0. The van der Waals surface area contributed by atoms with E-state index < -0.39 is 0 Å². The Bertz CT molecular complexity index is 441.